The molecule has 0 heterocycles. The van der Waals surface area contributed by atoms with Gasteiger partial charge < -0.3 is 10.1 Å². The Morgan fingerprint density at radius 1 is 1.56 bits per heavy atom. The minimum absolute atomic E-state index is 0.257. The number of carbonyl (C=O) groups excluding carboxylic acids is 1. The van der Waals surface area contributed by atoms with Gasteiger partial charge in [0.2, 0.25) is 6.08 Å². The van der Waals surface area contributed by atoms with Gasteiger partial charge in [-0.2, -0.15) is 4.99 Å². The fraction of sp³-hybridized carbons (Fsp3) is 0.364. The number of methoxy groups -OCH3 is 1. The van der Waals surface area contributed by atoms with E-state index in [1.165, 1.54) is 24.3 Å². The number of anilines is 1. The van der Waals surface area contributed by atoms with E-state index >= 15 is 0 Å². The second-order valence-electron chi connectivity index (χ2n) is 3.14. The van der Waals surface area contributed by atoms with E-state index in [1.807, 2.05) is 0 Å². The Morgan fingerprint density at radius 2 is 2.38 bits per heavy atom. The SMILES string of the molecule is COCCCNc1ccc(F)cc1N=C=O. The number of halogens is 1. The largest absolute Gasteiger partial charge is 0.385 e. The number of aliphatic imine (C=N–C) groups is 1. The highest BCUT2D eigenvalue weighted by molar-refractivity contribution is 5.68. The zero-order valence-corrected chi connectivity index (χ0v) is 9.00. The number of hydrogen-bond donors (Lipinski definition) is 1. The van der Waals surface area contributed by atoms with Crippen LogP contribution in [0.5, 0.6) is 0 Å². The van der Waals surface area contributed by atoms with Crippen molar-refractivity contribution in [3.8, 4) is 0 Å². The van der Waals surface area contributed by atoms with Crippen LogP contribution in [0.25, 0.3) is 0 Å². The molecule has 0 saturated heterocycles. The highest BCUT2D eigenvalue weighted by atomic mass is 19.1. The third-order valence-electron chi connectivity index (χ3n) is 1.97. The summed E-state index contributed by atoms with van der Waals surface area (Å²) < 4.78 is 17.8. The third-order valence-corrected chi connectivity index (χ3v) is 1.97. The number of nitrogens with zero attached hydrogens (tertiary/aromatic N) is 1. The molecule has 5 heteroatoms. The van der Waals surface area contributed by atoms with Crippen LogP contribution < -0.4 is 5.32 Å². The van der Waals surface area contributed by atoms with Crippen molar-refractivity contribution in [3.63, 3.8) is 0 Å². The summed E-state index contributed by atoms with van der Waals surface area (Å²) in [7, 11) is 1.63. The van der Waals surface area contributed by atoms with Gasteiger partial charge >= 0.3 is 0 Å². The normalized spacial score (nSPS) is 9.62. The lowest BCUT2D eigenvalue weighted by atomic mass is 10.2. The Bertz CT molecular complexity index is 390. The summed E-state index contributed by atoms with van der Waals surface area (Å²) in [6.45, 7) is 1.31. The first kappa shape index (κ1) is 12.4. The first-order valence-electron chi connectivity index (χ1n) is 4.88. The van der Waals surface area contributed by atoms with Crippen molar-refractivity contribution in [3.05, 3.63) is 24.0 Å². The minimum Gasteiger partial charge on any atom is -0.385 e. The van der Waals surface area contributed by atoms with Crippen LogP contribution in [0.3, 0.4) is 0 Å². The van der Waals surface area contributed by atoms with Gasteiger partial charge in [-0.15, -0.1) is 0 Å². The smallest absolute Gasteiger partial charge is 0.240 e. The molecule has 0 aliphatic rings. The molecular weight excluding hydrogens is 211 g/mol. The standard InChI is InChI=1S/C11H13FN2O2/c1-16-6-2-5-13-10-4-3-9(12)7-11(10)14-8-15/h3-4,7,13H,2,5-6H2,1H3. The summed E-state index contributed by atoms with van der Waals surface area (Å²) in [6.07, 6.45) is 2.21. The lowest BCUT2D eigenvalue weighted by Gasteiger charge is -2.07. The Morgan fingerprint density at radius 3 is 3.06 bits per heavy atom. The van der Waals surface area contributed by atoms with Crippen molar-refractivity contribution in [2.24, 2.45) is 4.99 Å². The van der Waals surface area contributed by atoms with Crippen molar-refractivity contribution < 1.29 is 13.9 Å². The summed E-state index contributed by atoms with van der Waals surface area (Å²) in [6, 6.07) is 4.03. The van der Waals surface area contributed by atoms with E-state index in [-0.39, 0.29) is 5.69 Å². The number of rotatable bonds is 6. The predicted octanol–water partition coefficient (Wildman–Crippen LogP) is 2.24. The monoisotopic (exact) mass is 224 g/mol. The zero-order valence-electron chi connectivity index (χ0n) is 9.00. The van der Waals surface area contributed by atoms with Crippen molar-refractivity contribution in [2.45, 2.75) is 6.42 Å². The van der Waals surface area contributed by atoms with Crippen LogP contribution in [0.1, 0.15) is 6.42 Å². The second kappa shape index (κ2) is 6.71. The van der Waals surface area contributed by atoms with Crippen LogP contribution in [0.4, 0.5) is 15.8 Å². The van der Waals surface area contributed by atoms with Crippen molar-refractivity contribution in [2.75, 3.05) is 25.6 Å². The van der Waals surface area contributed by atoms with Crippen molar-refractivity contribution in [1.82, 2.24) is 0 Å². The molecule has 0 amide bonds. The first-order valence-corrected chi connectivity index (χ1v) is 4.88. The molecule has 16 heavy (non-hydrogen) atoms. The predicted molar refractivity (Wildman–Crippen MR) is 59.2 cm³/mol. The zero-order chi connectivity index (χ0) is 11.8. The Labute approximate surface area is 93.1 Å². The second-order valence-corrected chi connectivity index (χ2v) is 3.14. The Hall–Kier alpha value is -1.71. The van der Waals surface area contributed by atoms with Crippen molar-refractivity contribution in [1.29, 1.82) is 0 Å². The number of nitrogens with one attached hydrogen (secondary N) is 1. The first-order chi connectivity index (χ1) is 7.77. The molecule has 1 N–H and O–H groups in total. The number of hydrogen-bond acceptors (Lipinski definition) is 4. The van der Waals surface area contributed by atoms with Crippen LogP contribution >= 0.6 is 0 Å². The summed E-state index contributed by atoms with van der Waals surface area (Å²) in [4.78, 5) is 13.6. The lowest BCUT2D eigenvalue weighted by Crippen LogP contribution is -2.04. The molecule has 0 fully saturated rings. The Kier molecular flexibility index (Phi) is 5.19. The van der Waals surface area contributed by atoms with Gasteiger partial charge in [0.25, 0.3) is 0 Å². The van der Waals surface area contributed by atoms with Gasteiger partial charge in [-0.1, -0.05) is 0 Å². The molecule has 0 aliphatic carbocycles. The highest BCUT2D eigenvalue weighted by Gasteiger charge is 2.02. The van der Waals surface area contributed by atoms with Crippen LogP contribution in [0, 0.1) is 5.82 Å². The fourth-order valence-corrected chi connectivity index (χ4v) is 1.24. The van der Waals surface area contributed by atoms with Gasteiger partial charge in [0.15, 0.2) is 0 Å². The van der Waals surface area contributed by atoms with E-state index in [1.54, 1.807) is 7.11 Å². The molecule has 0 aromatic heterocycles. The summed E-state index contributed by atoms with van der Waals surface area (Å²) >= 11 is 0. The molecule has 0 spiro atoms. The van der Waals surface area contributed by atoms with Gasteiger partial charge in [0, 0.05) is 26.3 Å². The molecule has 86 valence electrons. The maximum atomic E-state index is 12.9. The molecule has 0 bridgehead atoms. The summed E-state index contributed by atoms with van der Waals surface area (Å²) in [5.74, 6) is -0.434. The number of isocyanates is 1. The topological polar surface area (TPSA) is 50.7 Å². The molecular formula is C11H13FN2O2. The Balaban J connectivity index is 2.67. The molecule has 0 unspecified atom stereocenters. The number of ether oxygens (including phenoxy) is 1. The van der Waals surface area contributed by atoms with E-state index in [2.05, 4.69) is 10.3 Å². The van der Waals surface area contributed by atoms with Gasteiger partial charge in [0.05, 0.1) is 5.69 Å². The number of benzene rings is 1. The van der Waals surface area contributed by atoms with Gasteiger partial charge in [-0.3, -0.25) is 0 Å². The fourth-order valence-electron chi connectivity index (χ4n) is 1.24. The molecule has 0 saturated carbocycles. The van der Waals surface area contributed by atoms with E-state index in [0.717, 1.165) is 6.42 Å². The highest BCUT2D eigenvalue weighted by Crippen LogP contribution is 2.25. The summed E-state index contributed by atoms with van der Waals surface area (Å²) in [5.41, 5.74) is 0.869. The molecule has 0 aliphatic heterocycles. The molecule has 1 aromatic rings. The average molecular weight is 224 g/mol. The molecule has 0 radical (unpaired) electrons. The van der Waals surface area contributed by atoms with Gasteiger partial charge in [0.1, 0.15) is 11.5 Å². The maximum absolute atomic E-state index is 12.9. The molecule has 1 rings (SSSR count). The van der Waals surface area contributed by atoms with E-state index in [0.29, 0.717) is 18.8 Å². The van der Waals surface area contributed by atoms with E-state index in [4.69, 9.17) is 4.74 Å². The average Bonchev–Trinajstić information content (AvgIpc) is 2.27. The maximum Gasteiger partial charge on any atom is 0.240 e. The lowest BCUT2D eigenvalue weighted by molar-refractivity contribution is 0.198. The van der Waals surface area contributed by atoms with E-state index in [9.17, 15) is 9.18 Å². The van der Waals surface area contributed by atoms with E-state index < -0.39 is 5.82 Å². The third kappa shape index (κ3) is 3.81. The van der Waals surface area contributed by atoms with Gasteiger partial charge in [-0.25, -0.2) is 9.18 Å². The molecule has 1 aromatic carbocycles. The van der Waals surface area contributed by atoms with Crippen LogP contribution in [0.15, 0.2) is 23.2 Å². The van der Waals surface area contributed by atoms with Crippen molar-refractivity contribution >= 4 is 17.5 Å². The van der Waals surface area contributed by atoms with Crippen LogP contribution in [0.2, 0.25) is 0 Å². The van der Waals surface area contributed by atoms with Gasteiger partial charge in [-0.05, 0) is 18.6 Å². The molecule has 4 nitrogen and oxygen atoms in total. The summed E-state index contributed by atoms with van der Waals surface area (Å²) in [5, 5.41) is 3.04. The minimum atomic E-state index is -0.434. The van der Waals surface area contributed by atoms with Crippen LogP contribution in [-0.2, 0) is 9.53 Å². The quantitative estimate of drug-likeness (QED) is 0.458. The molecule has 0 atom stereocenters. The van der Waals surface area contributed by atoms with Crippen LogP contribution in [-0.4, -0.2) is 26.3 Å².